The van der Waals surface area contributed by atoms with Crippen LogP contribution in [0.1, 0.15) is 5.56 Å². The molecule has 0 N–H and O–H groups in total. The Morgan fingerprint density at radius 2 is 1.25 bits per heavy atom. The van der Waals surface area contributed by atoms with Gasteiger partial charge in [0.25, 0.3) is 0 Å². The van der Waals surface area contributed by atoms with Crippen molar-refractivity contribution < 1.29 is 35.7 Å². The molecule has 0 saturated heterocycles. The molecule has 0 aliphatic carbocycles. The van der Waals surface area contributed by atoms with E-state index in [2.05, 4.69) is 40.9 Å². The molecule has 0 unspecified atom stereocenters. The summed E-state index contributed by atoms with van der Waals surface area (Å²) < 4.78 is 18.1. The van der Waals surface area contributed by atoms with Gasteiger partial charge in [0.1, 0.15) is 26.4 Å². The van der Waals surface area contributed by atoms with E-state index < -0.39 is 0 Å². The van der Waals surface area contributed by atoms with E-state index in [0.29, 0.717) is 37.1 Å². The second kappa shape index (κ2) is 10.9. The van der Waals surface area contributed by atoms with E-state index in [1.165, 1.54) is 0 Å². The first-order chi connectivity index (χ1) is 10.9. The number of rotatable bonds is 11. The van der Waals surface area contributed by atoms with Crippen molar-refractivity contribution in [2.45, 2.75) is 6.54 Å². The average Bonchev–Trinajstić information content (AvgIpc) is 2.47. The minimum Gasteiger partial charge on any atom is -1.00 e. The lowest BCUT2D eigenvalue weighted by Crippen LogP contribution is -3.00. The Labute approximate surface area is 156 Å². The molecule has 0 fully saturated rings. The Hall–Kier alpha value is -1.72. The number of halogens is 1. The molecule has 1 aromatic rings. The van der Waals surface area contributed by atoms with Crippen LogP contribution in [0.4, 0.5) is 0 Å². The van der Waals surface area contributed by atoms with Gasteiger partial charge >= 0.3 is 0 Å². The van der Waals surface area contributed by atoms with Gasteiger partial charge in [-0.15, -0.1) is 0 Å². The lowest BCUT2D eigenvalue weighted by Gasteiger charge is -2.25. The summed E-state index contributed by atoms with van der Waals surface area (Å²) in [7, 11) is 6.41. The Morgan fingerprint density at radius 3 is 1.62 bits per heavy atom. The highest BCUT2D eigenvalue weighted by Gasteiger charge is 2.18. The minimum absolute atomic E-state index is 0. The molecule has 0 aliphatic rings. The standard InChI is InChI=1S/C19H28NO3.BrH/c1-7-10-21-17-13-16(15-20(4,5)6)14-18(22-11-8-2)19(17)23-12-9-3;/h7-9,13-14H,1-3,10-12,15H2,4-6H3;1H/q+1;/p-1. The van der Waals surface area contributed by atoms with Gasteiger partial charge in [0.15, 0.2) is 11.5 Å². The van der Waals surface area contributed by atoms with Crippen LogP contribution in [0.15, 0.2) is 50.1 Å². The molecule has 4 nitrogen and oxygen atoms in total. The summed E-state index contributed by atoms with van der Waals surface area (Å²) in [5, 5.41) is 0. The van der Waals surface area contributed by atoms with E-state index in [1.54, 1.807) is 18.2 Å². The Kier molecular flexibility index (Phi) is 10.2. The highest BCUT2D eigenvalue weighted by atomic mass is 79.9. The average molecular weight is 398 g/mol. The molecule has 1 aromatic carbocycles. The van der Waals surface area contributed by atoms with Crippen LogP contribution in [0.25, 0.3) is 0 Å². The van der Waals surface area contributed by atoms with Gasteiger partial charge in [-0.05, 0) is 12.1 Å². The number of benzene rings is 1. The minimum atomic E-state index is 0. The van der Waals surface area contributed by atoms with Crippen molar-refractivity contribution in [1.82, 2.24) is 0 Å². The van der Waals surface area contributed by atoms with Crippen LogP contribution in [0, 0.1) is 0 Å². The number of hydrogen-bond acceptors (Lipinski definition) is 3. The van der Waals surface area contributed by atoms with E-state index in [1.807, 2.05) is 12.1 Å². The quantitative estimate of drug-likeness (QED) is 0.404. The maximum atomic E-state index is 5.77. The normalized spacial score (nSPS) is 10.3. The molecule has 0 radical (unpaired) electrons. The number of ether oxygens (including phenoxy) is 3. The predicted molar refractivity (Wildman–Crippen MR) is 95.3 cm³/mol. The second-order valence-corrected chi connectivity index (χ2v) is 6.17. The van der Waals surface area contributed by atoms with Crippen molar-refractivity contribution in [3.05, 3.63) is 55.7 Å². The molecule has 0 amide bonds. The molecular weight excluding hydrogens is 370 g/mol. The monoisotopic (exact) mass is 397 g/mol. The van der Waals surface area contributed by atoms with E-state index in [4.69, 9.17) is 14.2 Å². The van der Waals surface area contributed by atoms with Crippen LogP contribution in [-0.2, 0) is 6.54 Å². The fourth-order valence-corrected chi connectivity index (χ4v) is 2.07. The molecule has 0 heterocycles. The molecule has 0 saturated carbocycles. The summed E-state index contributed by atoms with van der Waals surface area (Å²) in [6, 6.07) is 3.98. The zero-order valence-electron chi connectivity index (χ0n) is 14.9. The van der Waals surface area contributed by atoms with E-state index >= 15 is 0 Å². The fourth-order valence-electron chi connectivity index (χ4n) is 2.07. The van der Waals surface area contributed by atoms with Crippen LogP contribution in [-0.4, -0.2) is 45.4 Å². The third kappa shape index (κ3) is 7.70. The molecule has 0 aromatic heterocycles. The summed E-state index contributed by atoms with van der Waals surface area (Å²) in [5.41, 5.74) is 1.11. The number of nitrogens with zero attached hydrogens (tertiary/aromatic N) is 1. The number of quaternary nitrogens is 1. The summed E-state index contributed by atoms with van der Waals surface area (Å²) >= 11 is 0. The summed E-state index contributed by atoms with van der Waals surface area (Å²) in [5.74, 6) is 1.88. The first-order valence-electron chi connectivity index (χ1n) is 7.59. The van der Waals surface area contributed by atoms with Crippen molar-refractivity contribution in [2.75, 3.05) is 41.0 Å². The Bertz CT molecular complexity index is 517. The molecule has 0 spiro atoms. The van der Waals surface area contributed by atoms with Gasteiger partial charge in [-0.25, -0.2) is 0 Å². The van der Waals surface area contributed by atoms with Gasteiger partial charge in [0.05, 0.1) is 21.1 Å². The van der Waals surface area contributed by atoms with Gasteiger partial charge in [-0.1, -0.05) is 38.0 Å². The van der Waals surface area contributed by atoms with Crippen molar-refractivity contribution in [3.8, 4) is 17.2 Å². The molecule has 0 aliphatic heterocycles. The Balaban J connectivity index is 0.00000529. The van der Waals surface area contributed by atoms with E-state index in [9.17, 15) is 0 Å². The zero-order chi connectivity index (χ0) is 17.3. The SMILES string of the molecule is C=CCOc1cc(C[N+](C)(C)C)cc(OCC=C)c1OCC=C.[Br-]. The topological polar surface area (TPSA) is 27.7 Å². The van der Waals surface area contributed by atoms with Crippen LogP contribution >= 0.6 is 0 Å². The third-order valence-electron chi connectivity index (χ3n) is 2.80. The molecule has 134 valence electrons. The van der Waals surface area contributed by atoms with Crippen molar-refractivity contribution in [2.24, 2.45) is 0 Å². The lowest BCUT2D eigenvalue weighted by molar-refractivity contribution is -0.884. The van der Waals surface area contributed by atoms with Crippen molar-refractivity contribution in [3.63, 3.8) is 0 Å². The largest absolute Gasteiger partial charge is 1.00 e. The predicted octanol–water partition coefficient (Wildman–Crippen LogP) is 0.591. The molecule has 24 heavy (non-hydrogen) atoms. The molecule has 0 atom stereocenters. The highest BCUT2D eigenvalue weighted by Crippen LogP contribution is 2.39. The van der Waals surface area contributed by atoms with Crippen molar-refractivity contribution >= 4 is 0 Å². The van der Waals surface area contributed by atoms with Crippen LogP contribution in [0.2, 0.25) is 0 Å². The molecule has 1 rings (SSSR count). The molecular formula is C19H28BrNO3. The van der Waals surface area contributed by atoms with Crippen molar-refractivity contribution in [1.29, 1.82) is 0 Å². The van der Waals surface area contributed by atoms with Gasteiger partial charge in [-0.2, -0.15) is 0 Å². The molecule has 5 heteroatoms. The first kappa shape index (κ1) is 22.3. The van der Waals surface area contributed by atoms with E-state index in [0.717, 1.165) is 16.6 Å². The fraction of sp³-hybridized carbons (Fsp3) is 0.368. The van der Waals surface area contributed by atoms with Gasteiger partial charge in [-0.3, -0.25) is 0 Å². The highest BCUT2D eigenvalue weighted by molar-refractivity contribution is 5.54. The third-order valence-corrected chi connectivity index (χ3v) is 2.80. The molecule has 0 bridgehead atoms. The first-order valence-corrected chi connectivity index (χ1v) is 7.59. The van der Waals surface area contributed by atoms with Crippen LogP contribution in [0.5, 0.6) is 17.2 Å². The van der Waals surface area contributed by atoms with Gasteiger partial charge < -0.3 is 35.7 Å². The smallest absolute Gasteiger partial charge is 0.203 e. The van der Waals surface area contributed by atoms with E-state index in [-0.39, 0.29) is 17.0 Å². The summed E-state index contributed by atoms with van der Waals surface area (Å²) in [4.78, 5) is 0. The maximum absolute atomic E-state index is 5.77. The van der Waals surface area contributed by atoms with Gasteiger partial charge in [0, 0.05) is 5.56 Å². The van der Waals surface area contributed by atoms with Crippen LogP contribution < -0.4 is 31.2 Å². The summed E-state index contributed by atoms with van der Waals surface area (Å²) in [6.07, 6.45) is 5.09. The summed E-state index contributed by atoms with van der Waals surface area (Å²) in [6.45, 7) is 13.1. The second-order valence-electron chi connectivity index (χ2n) is 6.17. The van der Waals surface area contributed by atoms with Crippen LogP contribution in [0.3, 0.4) is 0 Å². The Morgan fingerprint density at radius 1 is 0.833 bits per heavy atom. The number of hydrogen-bond donors (Lipinski definition) is 0. The lowest BCUT2D eigenvalue weighted by atomic mass is 10.1. The van der Waals surface area contributed by atoms with Gasteiger partial charge in [0.2, 0.25) is 5.75 Å². The zero-order valence-corrected chi connectivity index (χ0v) is 16.5. The maximum Gasteiger partial charge on any atom is 0.203 e.